The monoisotopic (exact) mass is 365 g/mol. The maximum absolute atomic E-state index is 11.3. The van der Waals surface area contributed by atoms with Crippen LogP contribution < -0.4 is 0 Å². The molecule has 0 saturated carbocycles. The second-order valence-corrected chi connectivity index (χ2v) is 7.01. The third kappa shape index (κ3) is 3.87. The van der Waals surface area contributed by atoms with Crippen LogP contribution in [-0.4, -0.2) is 27.6 Å². The van der Waals surface area contributed by atoms with E-state index in [-0.39, 0.29) is 5.97 Å². The van der Waals surface area contributed by atoms with E-state index in [1.807, 2.05) is 6.92 Å². The van der Waals surface area contributed by atoms with Crippen molar-refractivity contribution in [1.82, 2.24) is 14.5 Å². The van der Waals surface area contributed by atoms with Crippen molar-refractivity contribution >= 4 is 17.1 Å². The fraction of sp³-hybridized carbons (Fsp3) is 0.409. The number of hydrogen-bond acceptors (Lipinski definition) is 4. The minimum Gasteiger partial charge on any atom is -0.469 e. The van der Waals surface area contributed by atoms with Crippen molar-refractivity contribution in [2.45, 2.75) is 53.4 Å². The van der Waals surface area contributed by atoms with Gasteiger partial charge in [0.15, 0.2) is 5.65 Å². The van der Waals surface area contributed by atoms with Crippen LogP contribution in [0.1, 0.15) is 48.0 Å². The Morgan fingerprint density at radius 2 is 1.89 bits per heavy atom. The zero-order valence-corrected chi connectivity index (χ0v) is 16.8. The zero-order chi connectivity index (χ0) is 19.6. The van der Waals surface area contributed by atoms with Crippen LogP contribution in [0.5, 0.6) is 0 Å². The largest absolute Gasteiger partial charge is 0.469 e. The number of rotatable bonds is 6. The molecule has 0 aliphatic carbocycles. The molecule has 0 saturated heterocycles. The summed E-state index contributed by atoms with van der Waals surface area (Å²) in [5.74, 6) is 0.864. The Morgan fingerprint density at radius 1 is 1.11 bits per heavy atom. The van der Waals surface area contributed by atoms with Gasteiger partial charge in [-0.2, -0.15) is 0 Å². The Kier molecular flexibility index (Phi) is 5.59. The molecule has 0 atom stereocenters. The number of ether oxygens (including phenoxy) is 1. The topological polar surface area (TPSA) is 57.0 Å². The molecule has 0 bridgehead atoms. The predicted molar refractivity (Wildman–Crippen MR) is 107 cm³/mol. The first-order valence-electron chi connectivity index (χ1n) is 9.46. The molecule has 0 fully saturated rings. The SMILES string of the molecule is CCc1nc2c(C)cc(C)nc2n1-c1ccc(CCCC(=O)OC)c(C)c1. The molecule has 5 nitrogen and oxygen atoms in total. The van der Waals surface area contributed by atoms with E-state index < -0.39 is 0 Å². The second-order valence-electron chi connectivity index (χ2n) is 7.01. The highest BCUT2D eigenvalue weighted by Crippen LogP contribution is 2.25. The van der Waals surface area contributed by atoms with Crippen molar-refractivity contribution in [1.29, 1.82) is 0 Å². The average molecular weight is 365 g/mol. The van der Waals surface area contributed by atoms with Crippen molar-refractivity contribution in [2.24, 2.45) is 0 Å². The van der Waals surface area contributed by atoms with Crippen LogP contribution in [0.25, 0.3) is 16.9 Å². The molecule has 3 aromatic rings. The molecule has 1 aromatic carbocycles. The Labute approximate surface area is 160 Å². The molecule has 0 N–H and O–H groups in total. The van der Waals surface area contributed by atoms with Crippen LogP contribution in [0.3, 0.4) is 0 Å². The van der Waals surface area contributed by atoms with Gasteiger partial charge in [0.1, 0.15) is 11.3 Å². The zero-order valence-electron chi connectivity index (χ0n) is 16.8. The summed E-state index contributed by atoms with van der Waals surface area (Å²) < 4.78 is 6.88. The number of benzene rings is 1. The van der Waals surface area contributed by atoms with E-state index in [4.69, 9.17) is 14.7 Å². The average Bonchev–Trinajstić information content (AvgIpc) is 3.01. The predicted octanol–water partition coefficient (Wildman–Crippen LogP) is 4.40. The Bertz CT molecular complexity index is 989. The van der Waals surface area contributed by atoms with Crippen molar-refractivity contribution < 1.29 is 9.53 Å². The number of imidazole rings is 1. The summed E-state index contributed by atoms with van der Waals surface area (Å²) in [6.45, 7) is 8.34. The lowest BCUT2D eigenvalue weighted by Crippen LogP contribution is -2.04. The summed E-state index contributed by atoms with van der Waals surface area (Å²) in [5.41, 5.74) is 7.60. The smallest absolute Gasteiger partial charge is 0.305 e. The highest BCUT2D eigenvalue weighted by atomic mass is 16.5. The molecule has 2 aromatic heterocycles. The lowest BCUT2D eigenvalue weighted by atomic mass is 10.0. The van der Waals surface area contributed by atoms with Gasteiger partial charge in [-0.15, -0.1) is 0 Å². The lowest BCUT2D eigenvalue weighted by molar-refractivity contribution is -0.140. The van der Waals surface area contributed by atoms with Crippen LogP contribution in [0.2, 0.25) is 0 Å². The second kappa shape index (κ2) is 7.91. The van der Waals surface area contributed by atoms with E-state index in [0.717, 1.165) is 53.2 Å². The minimum absolute atomic E-state index is 0.154. The molecule has 5 heteroatoms. The van der Waals surface area contributed by atoms with Crippen LogP contribution >= 0.6 is 0 Å². The lowest BCUT2D eigenvalue weighted by Gasteiger charge is -2.12. The maximum atomic E-state index is 11.3. The number of esters is 1. The van der Waals surface area contributed by atoms with Crippen molar-refractivity contribution in [3.8, 4) is 5.69 Å². The van der Waals surface area contributed by atoms with E-state index >= 15 is 0 Å². The molecule has 27 heavy (non-hydrogen) atoms. The molecule has 142 valence electrons. The number of aromatic nitrogens is 3. The van der Waals surface area contributed by atoms with Gasteiger partial charge in [0.05, 0.1) is 7.11 Å². The summed E-state index contributed by atoms with van der Waals surface area (Å²) in [6, 6.07) is 8.54. The molecule has 0 aliphatic heterocycles. The fourth-order valence-corrected chi connectivity index (χ4v) is 3.54. The number of pyridine rings is 1. The number of nitrogens with zero attached hydrogens (tertiary/aromatic N) is 3. The van der Waals surface area contributed by atoms with Gasteiger partial charge < -0.3 is 4.74 Å². The van der Waals surface area contributed by atoms with Gasteiger partial charge in [0.25, 0.3) is 0 Å². The Balaban J connectivity index is 1.97. The normalized spacial score (nSPS) is 11.1. The maximum Gasteiger partial charge on any atom is 0.305 e. The summed E-state index contributed by atoms with van der Waals surface area (Å²) in [7, 11) is 1.43. The molecule has 0 spiro atoms. The quantitative estimate of drug-likeness (QED) is 0.607. The van der Waals surface area contributed by atoms with Crippen LogP contribution in [0, 0.1) is 20.8 Å². The third-order valence-electron chi connectivity index (χ3n) is 4.96. The summed E-state index contributed by atoms with van der Waals surface area (Å²) in [5, 5.41) is 0. The number of methoxy groups -OCH3 is 1. The van der Waals surface area contributed by atoms with Gasteiger partial charge in [0.2, 0.25) is 0 Å². The van der Waals surface area contributed by atoms with Gasteiger partial charge in [-0.25, -0.2) is 9.97 Å². The van der Waals surface area contributed by atoms with Gasteiger partial charge in [-0.1, -0.05) is 13.0 Å². The van der Waals surface area contributed by atoms with Crippen molar-refractivity contribution in [3.05, 3.63) is 52.5 Å². The van der Waals surface area contributed by atoms with E-state index in [1.165, 1.54) is 18.2 Å². The van der Waals surface area contributed by atoms with E-state index in [2.05, 4.69) is 49.6 Å². The number of carbonyl (C=O) groups is 1. The fourth-order valence-electron chi connectivity index (χ4n) is 3.54. The molecule has 0 radical (unpaired) electrons. The first-order chi connectivity index (χ1) is 12.9. The third-order valence-corrected chi connectivity index (χ3v) is 4.96. The molecule has 3 rings (SSSR count). The molecule has 0 aliphatic rings. The minimum atomic E-state index is -0.154. The molecule has 2 heterocycles. The summed E-state index contributed by atoms with van der Waals surface area (Å²) >= 11 is 0. The number of hydrogen-bond donors (Lipinski definition) is 0. The number of carbonyl (C=O) groups excluding carboxylic acids is 1. The van der Waals surface area contributed by atoms with Crippen LogP contribution in [0.4, 0.5) is 0 Å². The molecular formula is C22H27N3O2. The Hall–Kier alpha value is -2.69. The highest BCUT2D eigenvalue weighted by Gasteiger charge is 2.15. The number of fused-ring (bicyclic) bond motifs is 1. The summed E-state index contributed by atoms with van der Waals surface area (Å²) in [4.78, 5) is 20.9. The van der Waals surface area contributed by atoms with E-state index in [1.54, 1.807) is 0 Å². The highest BCUT2D eigenvalue weighted by molar-refractivity contribution is 5.78. The van der Waals surface area contributed by atoms with E-state index in [9.17, 15) is 4.79 Å². The first kappa shape index (κ1) is 19.1. The first-order valence-corrected chi connectivity index (χ1v) is 9.46. The molecule has 0 unspecified atom stereocenters. The van der Waals surface area contributed by atoms with Gasteiger partial charge in [-0.3, -0.25) is 9.36 Å². The van der Waals surface area contributed by atoms with Gasteiger partial charge in [0, 0.05) is 24.2 Å². The standard InChI is InChI=1S/C22H27N3O2/c1-6-19-24-21-15(3)12-16(4)23-22(21)25(19)18-11-10-17(14(2)13-18)8-7-9-20(26)27-5/h10-13H,6-9H2,1-5H3. The number of aryl methyl sites for hydroxylation is 5. The van der Waals surface area contributed by atoms with Crippen LogP contribution in [0.15, 0.2) is 24.3 Å². The molecular weight excluding hydrogens is 338 g/mol. The Morgan fingerprint density at radius 3 is 2.56 bits per heavy atom. The van der Waals surface area contributed by atoms with Crippen molar-refractivity contribution in [2.75, 3.05) is 7.11 Å². The van der Waals surface area contributed by atoms with Crippen molar-refractivity contribution in [3.63, 3.8) is 0 Å². The van der Waals surface area contributed by atoms with E-state index in [0.29, 0.717) is 6.42 Å². The van der Waals surface area contributed by atoms with Crippen LogP contribution in [-0.2, 0) is 22.4 Å². The molecule has 0 amide bonds. The summed E-state index contributed by atoms with van der Waals surface area (Å²) in [6.07, 6.45) is 2.95. The van der Waals surface area contributed by atoms with Gasteiger partial charge >= 0.3 is 5.97 Å². The van der Waals surface area contributed by atoms with Gasteiger partial charge in [-0.05, 0) is 68.5 Å².